The van der Waals surface area contributed by atoms with Crippen LogP contribution in [0.15, 0.2) is 16.6 Å². The molecule has 13 heavy (non-hydrogen) atoms. The minimum absolute atomic E-state index is 0.0495. The summed E-state index contributed by atoms with van der Waals surface area (Å²) in [6.07, 6.45) is 0. The lowest BCUT2D eigenvalue weighted by atomic mass is 10.0. The first-order valence-corrected chi connectivity index (χ1v) is 4.81. The zero-order chi connectivity index (χ0) is 10.0. The van der Waals surface area contributed by atoms with Gasteiger partial charge in [-0.2, -0.15) is 5.26 Å². The Morgan fingerprint density at radius 3 is 2.69 bits per heavy atom. The quantitative estimate of drug-likeness (QED) is 0.840. The third-order valence-corrected chi connectivity index (χ3v) is 2.57. The fourth-order valence-electron chi connectivity index (χ4n) is 1.06. The Morgan fingerprint density at radius 1 is 1.62 bits per heavy atom. The lowest BCUT2D eigenvalue weighted by Crippen LogP contribution is -1.92. The SMILES string of the molecule is CC(C#N)c1c(O)cc(Cl)cc1Br. The van der Waals surface area contributed by atoms with E-state index < -0.39 is 0 Å². The molecule has 0 bridgehead atoms. The lowest BCUT2D eigenvalue weighted by molar-refractivity contribution is 0.466. The van der Waals surface area contributed by atoms with Crippen LogP contribution in [0, 0.1) is 11.3 Å². The summed E-state index contributed by atoms with van der Waals surface area (Å²) < 4.78 is 0.659. The summed E-state index contributed by atoms with van der Waals surface area (Å²) in [6, 6.07) is 5.13. The highest BCUT2D eigenvalue weighted by atomic mass is 79.9. The van der Waals surface area contributed by atoms with Gasteiger partial charge >= 0.3 is 0 Å². The molecule has 4 heteroatoms. The number of aromatic hydroxyl groups is 1. The average molecular weight is 261 g/mol. The van der Waals surface area contributed by atoms with Crippen LogP contribution in [0.5, 0.6) is 5.75 Å². The molecule has 0 amide bonds. The van der Waals surface area contributed by atoms with E-state index in [1.807, 2.05) is 6.07 Å². The molecule has 1 rings (SSSR count). The predicted molar refractivity (Wildman–Crippen MR) is 54.8 cm³/mol. The van der Waals surface area contributed by atoms with E-state index >= 15 is 0 Å². The van der Waals surface area contributed by atoms with E-state index in [1.165, 1.54) is 6.07 Å². The molecule has 0 aliphatic heterocycles. The molecular formula is C9H7BrClNO. The number of phenols is 1. The van der Waals surface area contributed by atoms with Gasteiger partial charge < -0.3 is 5.11 Å². The van der Waals surface area contributed by atoms with Gasteiger partial charge in [-0.3, -0.25) is 0 Å². The molecule has 1 aromatic carbocycles. The number of nitrogens with zero attached hydrogens (tertiary/aromatic N) is 1. The fourth-order valence-corrected chi connectivity index (χ4v) is 2.20. The summed E-state index contributed by atoms with van der Waals surface area (Å²) in [5.74, 6) is -0.305. The second kappa shape index (κ2) is 3.99. The highest BCUT2D eigenvalue weighted by Gasteiger charge is 2.14. The molecule has 0 spiro atoms. The first kappa shape index (κ1) is 10.4. The first-order valence-electron chi connectivity index (χ1n) is 3.63. The number of rotatable bonds is 1. The van der Waals surface area contributed by atoms with Crippen molar-refractivity contribution in [1.29, 1.82) is 5.26 Å². The Morgan fingerprint density at radius 2 is 2.23 bits per heavy atom. The van der Waals surface area contributed by atoms with Gasteiger partial charge in [0.2, 0.25) is 0 Å². The summed E-state index contributed by atoms with van der Waals surface area (Å²) in [4.78, 5) is 0. The van der Waals surface area contributed by atoms with Gasteiger partial charge in [-0.1, -0.05) is 27.5 Å². The number of benzene rings is 1. The van der Waals surface area contributed by atoms with Crippen LogP contribution in [0.1, 0.15) is 18.4 Å². The molecule has 0 aliphatic rings. The van der Waals surface area contributed by atoms with Crippen LogP contribution in [-0.4, -0.2) is 5.11 Å². The van der Waals surface area contributed by atoms with Crippen LogP contribution in [0.2, 0.25) is 5.02 Å². The van der Waals surface area contributed by atoms with Gasteiger partial charge in [-0.25, -0.2) is 0 Å². The topological polar surface area (TPSA) is 44.0 Å². The van der Waals surface area contributed by atoms with Gasteiger partial charge in [0.15, 0.2) is 0 Å². The minimum Gasteiger partial charge on any atom is -0.508 e. The summed E-state index contributed by atoms with van der Waals surface area (Å²) >= 11 is 8.94. The molecule has 0 saturated carbocycles. The van der Waals surface area contributed by atoms with Gasteiger partial charge in [0, 0.05) is 15.1 Å². The molecule has 0 radical (unpaired) electrons. The van der Waals surface area contributed by atoms with Crippen molar-refractivity contribution in [2.24, 2.45) is 0 Å². The van der Waals surface area contributed by atoms with Gasteiger partial charge in [-0.05, 0) is 19.1 Å². The smallest absolute Gasteiger partial charge is 0.122 e. The maximum Gasteiger partial charge on any atom is 0.122 e. The van der Waals surface area contributed by atoms with Crippen molar-refractivity contribution in [3.8, 4) is 11.8 Å². The molecule has 0 heterocycles. The maximum absolute atomic E-state index is 9.51. The molecule has 1 atom stereocenters. The normalized spacial score (nSPS) is 12.2. The van der Waals surface area contributed by atoms with Crippen molar-refractivity contribution >= 4 is 27.5 Å². The summed E-state index contributed by atoms with van der Waals surface area (Å²) in [6.45, 7) is 1.72. The van der Waals surface area contributed by atoms with Crippen molar-refractivity contribution in [3.63, 3.8) is 0 Å². The number of halogens is 2. The van der Waals surface area contributed by atoms with Crippen LogP contribution >= 0.6 is 27.5 Å². The van der Waals surface area contributed by atoms with Crippen molar-refractivity contribution in [2.75, 3.05) is 0 Å². The zero-order valence-corrected chi connectivity index (χ0v) is 9.22. The van der Waals surface area contributed by atoms with E-state index in [1.54, 1.807) is 13.0 Å². The van der Waals surface area contributed by atoms with Gasteiger partial charge in [-0.15, -0.1) is 0 Å². The molecule has 1 N–H and O–H groups in total. The van der Waals surface area contributed by atoms with Crippen LogP contribution in [-0.2, 0) is 0 Å². The van der Waals surface area contributed by atoms with Gasteiger partial charge in [0.1, 0.15) is 5.75 Å². The molecule has 2 nitrogen and oxygen atoms in total. The van der Waals surface area contributed by atoms with Crippen LogP contribution < -0.4 is 0 Å². The van der Waals surface area contributed by atoms with E-state index in [-0.39, 0.29) is 11.7 Å². The summed E-state index contributed by atoms with van der Waals surface area (Å²) in [5.41, 5.74) is 0.576. The Kier molecular flexibility index (Phi) is 3.18. The van der Waals surface area contributed by atoms with E-state index in [0.29, 0.717) is 15.1 Å². The standard InChI is InChI=1S/C9H7BrClNO/c1-5(4-12)9-7(10)2-6(11)3-8(9)13/h2-3,5,13H,1H3. The van der Waals surface area contributed by atoms with Gasteiger partial charge in [0.25, 0.3) is 0 Å². The second-order valence-electron chi connectivity index (χ2n) is 2.67. The molecule has 0 aromatic heterocycles. The molecule has 1 unspecified atom stereocenters. The van der Waals surface area contributed by atoms with E-state index in [9.17, 15) is 5.11 Å². The largest absolute Gasteiger partial charge is 0.508 e. The Labute approximate surface area is 89.9 Å². The lowest BCUT2D eigenvalue weighted by Gasteiger charge is -2.08. The molecule has 1 aromatic rings. The second-order valence-corrected chi connectivity index (χ2v) is 3.96. The first-order chi connectivity index (χ1) is 6.06. The number of phenolic OH excluding ortho intramolecular Hbond substituents is 1. The average Bonchev–Trinajstić information content (AvgIpc) is 2.02. The third kappa shape index (κ3) is 2.15. The molecule has 0 saturated heterocycles. The highest BCUT2D eigenvalue weighted by molar-refractivity contribution is 9.10. The number of nitriles is 1. The van der Waals surface area contributed by atoms with E-state index in [2.05, 4.69) is 15.9 Å². The van der Waals surface area contributed by atoms with Gasteiger partial charge in [0.05, 0.1) is 12.0 Å². The zero-order valence-electron chi connectivity index (χ0n) is 6.88. The number of hydrogen-bond acceptors (Lipinski definition) is 2. The summed E-state index contributed by atoms with van der Waals surface area (Å²) in [7, 11) is 0. The van der Waals surface area contributed by atoms with Crippen LogP contribution in [0.3, 0.4) is 0 Å². The minimum atomic E-state index is -0.355. The predicted octanol–water partition coefficient (Wildman–Crippen LogP) is 3.44. The molecule has 68 valence electrons. The Bertz CT molecular complexity index is 349. The highest BCUT2D eigenvalue weighted by Crippen LogP contribution is 2.35. The van der Waals surface area contributed by atoms with Crippen LogP contribution in [0.4, 0.5) is 0 Å². The molecular weight excluding hydrogens is 253 g/mol. The van der Waals surface area contributed by atoms with Crippen molar-refractivity contribution in [1.82, 2.24) is 0 Å². The Hall–Kier alpha value is -0.720. The van der Waals surface area contributed by atoms with E-state index in [0.717, 1.165) is 0 Å². The fraction of sp³-hybridized carbons (Fsp3) is 0.222. The van der Waals surface area contributed by atoms with Crippen molar-refractivity contribution in [2.45, 2.75) is 12.8 Å². The van der Waals surface area contributed by atoms with E-state index in [4.69, 9.17) is 16.9 Å². The molecule has 0 fully saturated rings. The third-order valence-electron chi connectivity index (χ3n) is 1.70. The molecule has 0 aliphatic carbocycles. The monoisotopic (exact) mass is 259 g/mol. The van der Waals surface area contributed by atoms with Crippen molar-refractivity contribution in [3.05, 3.63) is 27.2 Å². The summed E-state index contributed by atoms with van der Waals surface area (Å²) in [5, 5.41) is 18.6. The van der Waals surface area contributed by atoms with Crippen LogP contribution in [0.25, 0.3) is 0 Å². The van der Waals surface area contributed by atoms with Crippen molar-refractivity contribution < 1.29 is 5.11 Å². The number of hydrogen-bond donors (Lipinski definition) is 1. The Balaban J connectivity index is 3.30. The maximum atomic E-state index is 9.51.